The second-order valence-electron chi connectivity index (χ2n) is 4.21. The highest BCUT2D eigenvalue weighted by atomic mass is 16.3. The molecule has 0 radical (unpaired) electrons. The summed E-state index contributed by atoms with van der Waals surface area (Å²) in [5.74, 6) is 0.379. The van der Waals surface area contributed by atoms with Gasteiger partial charge in [0.1, 0.15) is 0 Å². The largest absolute Gasteiger partial charge is 0.397 e. The number of aliphatic hydroxyl groups excluding tert-OH is 1. The zero-order chi connectivity index (χ0) is 10.7. The van der Waals surface area contributed by atoms with Crippen molar-refractivity contribution in [1.82, 2.24) is 0 Å². The lowest BCUT2D eigenvalue weighted by Gasteiger charge is -2.21. The number of nitrogens with one attached hydrogen (secondary N) is 1. The molecule has 1 aromatic rings. The Morgan fingerprint density at radius 1 is 1.33 bits per heavy atom. The number of hydrogen-bond acceptors (Lipinski definition) is 3. The second kappa shape index (κ2) is 4.53. The summed E-state index contributed by atoms with van der Waals surface area (Å²) in [6.07, 6.45) is 3.43. The first-order chi connectivity index (χ1) is 7.31. The van der Waals surface area contributed by atoms with E-state index in [9.17, 15) is 5.11 Å². The number of anilines is 2. The molecule has 0 spiro atoms. The van der Waals surface area contributed by atoms with Gasteiger partial charge in [-0.05, 0) is 25.0 Å². The Kier molecular flexibility index (Phi) is 3.11. The lowest BCUT2D eigenvalue weighted by atomic mass is 10.0. The van der Waals surface area contributed by atoms with Gasteiger partial charge in [-0.25, -0.2) is 0 Å². The van der Waals surface area contributed by atoms with Gasteiger partial charge < -0.3 is 16.2 Å². The summed E-state index contributed by atoms with van der Waals surface area (Å²) in [7, 11) is 0. The van der Waals surface area contributed by atoms with Crippen molar-refractivity contribution in [2.75, 3.05) is 17.7 Å². The van der Waals surface area contributed by atoms with Crippen LogP contribution in [0.3, 0.4) is 0 Å². The number of para-hydroxylation sites is 2. The number of benzene rings is 1. The van der Waals surface area contributed by atoms with E-state index in [1.807, 2.05) is 24.3 Å². The van der Waals surface area contributed by atoms with Crippen LogP contribution in [0, 0.1) is 5.92 Å². The number of hydrogen-bond donors (Lipinski definition) is 3. The summed E-state index contributed by atoms with van der Waals surface area (Å²) in [5, 5.41) is 12.6. The molecular formula is C12H18N2O. The van der Waals surface area contributed by atoms with Crippen molar-refractivity contribution in [3.05, 3.63) is 24.3 Å². The molecule has 82 valence electrons. The molecule has 15 heavy (non-hydrogen) atoms. The van der Waals surface area contributed by atoms with E-state index >= 15 is 0 Å². The fourth-order valence-corrected chi connectivity index (χ4v) is 2.27. The molecule has 4 N–H and O–H groups in total. The maximum atomic E-state index is 9.21. The standard InChI is InChI=1S/C12H18N2O/c13-10-5-1-2-6-12(10)14-11-7-3-4-9(11)8-15/h1-2,5-6,9,11,14-15H,3-4,7-8,13H2. The van der Waals surface area contributed by atoms with E-state index < -0.39 is 0 Å². The smallest absolute Gasteiger partial charge is 0.0576 e. The van der Waals surface area contributed by atoms with Crippen LogP contribution in [0.2, 0.25) is 0 Å². The monoisotopic (exact) mass is 206 g/mol. The molecule has 1 aliphatic carbocycles. The van der Waals surface area contributed by atoms with E-state index in [0.717, 1.165) is 24.2 Å². The van der Waals surface area contributed by atoms with Crippen LogP contribution in [0.1, 0.15) is 19.3 Å². The predicted octanol–water partition coefficient (Wildman–Crippen LogP) is 1.84. The summed E-state index contributed by atoms with van der Waals surface area (Å²) in [6, 6.07) is 8.16. The average Bonchev–Trinajstić information content (AvgIpc) is 2.69. The van der Waals surface area contributed by atoms with Crippen molar-refractivity contribution in [2.24, 2.45) is 5.92 Å². The normalized spacial score (nSPS) is 25.4. The van der Waals surface area contributed by atoms with E-state index in [1.54, 1.807) is 0 Å². The minimum absolute atomic E-state index is 0.268. The first-order valence-electron chi connectivity index (χ1n) is 5.53. The van der Waals surface area contributed by atoms with E-state index in [4.69, 9.17) is 5.73 Å². The third kappa shape index (κ3) is 2.23. The highest BCUT2D eigenvalue weighted by molar-refractivity contribution is 5.66. The van der Waals surface area contributed by atoms with Gasteiger partial charge in [0, 0.05) is 18.6 Å². The molecular weight excluding hydrogens is 188 g/mol. The maximum absolute atomic E-state index is 9.21. The number of nitrogen functional groups attached to an aromatic ring is 1. The SMILES string of the molecule is Nc1ccccc1NC1CCCC1CO. The Morgan fingerprint density at radius 2 is 2.13 bits per heavy atom. The Balaban J connectivity index is 2.05. The fraction of sp³-hybridized carbons (Fsp3) is 0.500. The van der Waals surface area contributed by atoms with Gasteiger partial charge >= 0.3 is 0 Å². The molecule has 2 atom stereocenters. The van der Waals surface area contributed by atoms with Gasteiger partial charge in [0.05, 0.1) is 11.4 Å². The van der Waals surface area contributed by atoms with E-state index in [1.165, 1.54) is 6.42 Å². The van der Waals surface area contributed by atoms with E-state index in [2.05, 4.69) is 5.32 Å². The number of nitrogens with two attached hydrogens (primary N) is 1. The molecule has 1 aliphatic rings. The summed E-state index contributed by atoms with van der Waals surface area (Å²) in [6.45, 7) is 0.268. The highest BCUT2D eigenvalue weighted by Gasteiger charge is 2.26. The van der Waals surface area contributed by atoms with Gasteiger partial charge in [0.2, 0.25) is 0 Å². The van der Waals surface area contributed by atoms with Crippen LogP contribution in [0.4, 0.5) is 11.4 Å². The molecule has 0 aromatic heterocycles. The highest BCUT2D eigenvalue weighted by Crippen LogP contribution is 2.29. The summed E-state index contributed by atoms with van der Waals surface area (Å²) in [5.41, 5.74) is 7.63. The molecule has 0 heterocycles. The molecule has 2 rings (SSSR count). The van der Waals surface area contributed by atoms with Crippen LogP contribution in [0.15, 0.2) is 24.3 Å². The van der Waals surface area contributed by atoms with Crippen LogP contribution < -0.4 is 11.1 Å². The Bertz CT molecular complexity index is 327. The second-order valence-corrected chi connectivity index (χ2v) is 4.21. The molecule has 0 saturated heterocycles. The van der Waals surface area contributed by atoms with Gasteiger partial charge in [-0.2, -0.15) is 0 Å². The molecule has 1 saturated carbocycles. The van der Waals surface area contributed by atoms with Crippen molar-refractivity contribution in [1.29, 1.82) is 0 Å². The van der Waals surface area contributed by atoms with Gasteiger partial charge in [-0.1, -0.05) is 18.6 Å². The van der Waals surface area contributed by atoms with Crippen LogP contribution in [-0.4, -0.2) is 17.8 Å². The van der Waals surface area contributed by atoms with Crippen LogP contribution in [-0.2, 0) is 0 Å². The quantitative estimate of drug-likeness (QED) is 0.661. The molecule has 1 fully saturated rings. The average molecular weight is 206 g/mol. The lowest BCUT2D eigenvalue weighted by Crippen LogP contribution is -2.26. The minimum Gasteiger partial charge on any atom is -0.397 e. The summed E-state index contributed by atoms with van der Waals surface area (Å²) < 4.78 is 0. The minimum atomic E-state index is 0.268. The van der Waals surface area contributed by atoms with Gasteiger partial charge in [0.15, 0.2) is 0 Å². The summed E-state index contributed by atoms with van der Waals surface area (Å²) >= 11 is 0. The summed E-state index contributed by atoms with van der Waals surface area (Å²) in [4.78, 5) is 0. The fourth-order valence-electron chi connectivity index (χ4n) is 2.27. The molecule has 3 heteroatoms. The van der Waals surface area contributed by atoms with Crippen molar-refractivity contribution in [3.8, 4) is 0 Å². The van der Waals surface area contributed by atoms with Crippen molar-refractivity contribution in [3.63, 3.8) is 0 Å². The van der Waals surface area contributed by atoms with E-state index in [-0.39, 0.29) is 6.61 Å². The predicted molar refractivity (Wildman–Crippen MR) is 62.7 cm³/mol. The molecule has 2 unspecified atom stereocenters. The molecule has 1 aromatic carbocycles. The zero-order valence-electron chi connectivity index (χ0n) is 8.82. The van der Waals surface area contributed by atoms with Crippen molar-refractivity contribution >= 4 is 11.4 Å². The Hall–Kier alpha value is -1.22. The number of rotatable bonds is 3. The zero-order valence-corrected chi connectivity index (χ0v) is 8.82. The first-order valence-corrected chi connectivity index (χ1v) is 5.53. The molecule has 3 nitrogen and oxygen atoms in total. The van der Waals surface area contributed by atoms with E-state index in [0.29, 0.717) is 12.0 Å². The lowest BCUT2D eigenvalue weighted by molar-refractivity contribution is 0.222. The first kappa shape index (κ1) is 10.3. The van der Waals surface area contributed by atoms with Gasteiger partial charge in [0.25, 0.3) is 0 Å². The van der Waals surface area contributed by atoms with Crippen LogP contribution in [0.25, 0.3) is 0 Å². The molecule has 0 aliphatic heterocycles. The van der Waals surface area contributed by atoms with Crippen LogP contribution in [0.5, 0.6) is 0 Å². The van der Waals surface area contributed by atoms with Crippen molar-refractivity contribution in [2.45, 2.75) is 25.3 Å². The Labute approximate surface area is 90.3 Å². The third-order valence-electron chi connectivity index (χ3n) is 3.20. The van der Waals surface area contributed by atoms with Crippen molar-refractivity contribution < 1.29 is 5.11 Å². The third-order valence-corrected chi connectivity index (χ3v) is 3.20. The molecule has 0 bridgehead atoms. The topological polar surface area (TPSA) is 58.3 Å². The maximum Gasteiger partial charge on any atom is 0.0576 e. The Morgan fingerprint density at radius 3 is 2.87 bits per heavy atom. The molecule has 0 amide bonds. The van der Waals surface area contributed by atoms with Gasteiger partial charge in [-0.15, -0.1) is 0 Å². The number of aliphatic hydroxyl groups is 1. The van der Waals surface area contributed by atoms with Gasteiger partial charge in [-0.3, -0.25) is 0 Å². The van der Waals surface area contributed by atoms with Crippen LogP contribution >= 0.6 is 0 Å².